The molecule has 1 aliphatic carbocycles. The van der Waals surface area contributed by atoms with Crippen molar-refractivity contribution in [3.63, 3.8) is 0 Å². The van der Waals surface area contributed by atoms with E-state index in [1.165, 1.54) is 18.6 Å². The summed E-state index contributed by atoms with van der Waals surface area (Å²) in [5.74, 6) is -2.95. The van der Waals surface area contributed by atoms with Gasteiger partial charge in [-0.1, -0.05) is 0 Å². The average Bonchev–Trinajstić information content (AvgIpc) is 3.02. The molecule has 25 heavy (non-hydrogen) atoms. The highest BCUT2D eigenvalue weighted by molar-refractivity contribution is 5.92. The fourth-order valence-electron chi connectivity index (χ4n) is 4.20. The summed E-state index contributed by atoms with van der Waals surface area (Å²) in [6.45, 7) is 2.37. The molecule has 8 heteroatoms. The number of fused-ring (bicyclic) bond motifs is 1. The van der Waals surface area contributed by atoms with E-state index in [-0.39, 0.29) is 30.6 Å². The van der Waals surface area contributed by atoms with E-state index in [1.807, 2.05) is 0 Å². The van der Waals surface area contributed by atoms with Gasteiger partial charge in [0.2, 0.25) is 11.8 Å². The van der Waals surface area contributed by atoms with Gasteiger partial charge in [0.15, 0.2) is 0 Å². The van der Waals surface area contributed by atoms with Crippen LogP contribution in [-0.4, -0.2) is 63.7 Å². The van der Waals surface area contributed by atoms with Crippen molar-refractivity contribution < 1.29 is 18.4 Å². The highest BCUT2D eigenvalue weighted by Gasteiger charge is 2.51. The number of rotatable bonds is 2. The quantitative estimate of drug-likeness (QED) is 0.810. The minimum atomic E-state index is -2.67. The van der Waals surface area contributed by atoms with E-state index in [2.05, 4.69) is 9.97 Å². The number of nitrogens with zero attached hydrogens (tertiary/aromatic N) is 4. The highest BCUT2D eigenvalue weighted by Crippen LogP contribution is 2.44. The van der Waals surface area contributed by atoms with E-state index in [1.54, 1.807) is 9.80 Å². The molecule has 3 aliphatic rings. The number of carbonyl (C=O) groups excluding carboxylic acids is 2. The molecule has 1 saturated carbocycles. The van der Waals surface area contributed by atoms with Crippen LogP contribution in [0.2, 0.25) is 0 Å². The van der Waals surface area contributed by atoms with Gasteiger partial charge in [0, 0.05) is 57.3 Å². The van der Waals surface area contributed by atoms with Crippen LogP contribution in [0.5, 0.6) is 0 Å². The Labute approximate surface area is 144 Å². The summed E-state index contributed by atoms with van der Waals surface area (Å²) in [6, 6.07) is 0. The summed E-state index contributed by atoms with van der Waals surface area (Å²) >= 11 is 0. The van der Waals surface area contributed by atoms with Crippen LogP contribution in [0.1, 0.15) is 29.8 Å². The lowest BCUT2D eigenvalue weighted by Gasteiger charge is -2.36. The summed E-state index contributed by atoms with van der Waals surface area (Å²) in [4.78, 5) is 36.4. The molecule has 0 N–H and O–H groups in total. The average molecular weight is 350 g/mol. The lowest BCUT2D eigenvalue weighted by Crippen LogP contribution is -2.46. The van der Waals surface area contributed by atoms with Crippen LogP contribution < -0.4 is 0 Å². The molecule has 1 aromatic heterocycles. The predicted molar refractivity (Wildman–Crippen MR) is 83.8 cm³/mol. The third kappa shape index (κ3) is 3.09. The molecule has 6 nitrogen and oxygen atoms in total. The van der Waals surface area contributed by atoms with E-state index in [0.717, 1.165) is 6.42 Å². The number of hydrogen-bond acceptors (Lipinski definition) is 4. The van der Waals surface area contributed by atoms with Crippen LogP contribution in [0.15, 0.2) is 18.6 Å². The second kappa shape index (κ2) is 6.00. The summed E-state index contributed by atoms with van der Waals surface area (Å²) in [7, 11) is 0. The molecule has 2 aliphatic heterocycles. The van der Waals surface area contributed by atoms with E-state index in [4.69, 9.17) is 0 Å². The topological polar surface area (TPSA) is 66.4 Å². The van der Waals surface area contributed by atoms with Gasteiger partial charge in [-0.2, -0.15) is 0 Å². The zero-order chi connectivity index (χ0) is 17.6. The summed E-state index contributed by atoms with van der Waals surface area (Å²) in [6.07, 6.45) is 4.64. The first-order valence-corrected chi connectivity index (χ1v) is 8.65. The van der Waals surface area contributed by atoms with Gasteiger partial charge in [-0.15, -0.1) is 0 Å². The van der Waals surface area contributed by atoms with Crippen LogP contribution >= 0.6 is 0 Å². The normalized spacial score (nSPS) is 28.4. The maximum Gasteiger partial charge on any atom is 0.274 e. The summed E-state index contributed by atoms with van der Waals surface area (Å²) in [5.41, 5.74) is 0.323. The van der Waals surface area contributed by atoms with Crippen molar-refractivity contribution in [3.8, 4) is 0 Å². The molecular formula is C17H20F2N4O2. The predicted octanol–water partition coefficient (Wildman–Crippen LogP) is 1.44. The van der Waals surface area contributed by atoms with Gasteiger partial charge in [0.05, 0.1) is 6.20 Å². The molecule has 3 heterocycles. The Hall–Kier alpha value is -2.12. The number of halogens is 2. The van der Waals surface area contributed by atoms with Gasteiger partial charge in [-0.3, -0.25) is 14.6 Å². The van der Waals surface area contributed by atoms with E-state index >= 15 is 0 Å². The summed E-state index contributed by atoms with van der Waals surface area (Å²) in [5, 5.41) is 0. The van der Waals surface area contributed by atoms with Crippen molar-refractivity contribution in [1.82, 2.24) is 19.8 Å². The standard InChI is InChI=1S/C17H20F2N4O2/c18-17(19)5-12(6-17)15(24)23-8-11-1-4-22(9-13(11)10-23)16(25)14-7-20-2-3-21-14/h2-3,7,11-13H,1,4-6,8-10H2/t11-,13-/m1/s1. The second-order valence-corrected chi connectivity index (χ2v) is 7.35. The van der Waals surface area contributed by atoms with Gasteiger partial charge in [-0.25, -0.2) is 13.8 Å². The minimum Gasteiger partial charge on any atom is -0.342 e. The third-order valence-corrected chi connectivity index (χ3v) is 5.62. The molecule has 4 rings (SSSR count). The number of hydrogen-bond donors (Lipinski definition) is 0. The fourth-order valence-corrected chi connectivity index (χ4v) is 4.20. The monoisotopic (exact) mass is 350 g/mol. The van der Waals surface area contributed by atoms with Gasteiger partial charge in [0.1, 0.15) is 5.69 Å². The Balaban J connectivity index is 1.36. The molecule has 0 unspecified atom stereocenters. The molecule has 1 aromatic rings. The SMILES string of the molecule is O=C(c1cnccn1)N1CC[C@@H]2CN(C(=O)C3CC(F)(F)C3)C[C@H]2C1. The van der Waals surface area contributed by atoms with Crippen molar-refractivity contribution in [1.29, 1.82) is 0 Å². The van der Waals surface area contributed by atoms with Crippen LogP contribution in [0.4, 0.5) is 8.78 Å². The zero-order valence-corrected chi connectivity index (χ0v) is 13.8. The van der Waals surface area contributed by atoms with E-state index in [9.17, 15) is 18.4 Å². The Morgan fingerprint density at radius 1 is 1.08 bits per heavy atom. The number of amides is 2. The second-order valence-electron chi connectivity index (χ2n) is 7.35. The van der Waals surface area contributed by atoms with Crippen molar-refractivity contribution in [2.75, 3.05) is 26.2 Å². The van der Waals surface area contributed by atoms with Crippen LogP contribution in [0.25, 0.3) is 0 Å². The lowest BCUT2D eigenvalue weighted by atomic mass is 9.80. The smallest absolute Gasteiger partial charge is 0.274 e. The van der Waals surface area contributed by atoms with Crippen molar-refractivity contribution in [2.24, 2.45) is 17.8 Å². The van der Waals surface area contributed by atoms with Gasteiger partial charge < -0.3 is 9.80 Å². The molecule has 0 bridgehead atoms. The first-order valence-electron chi connectivity index (χ1n) is 8.65. The molecule has 2 atom stereocenters. The number of carbonyl (C=O) groups is 2. The Bertz CT molecular complexity index is 676. The van der Waals surface area contributed by atoms with Crippen LogP contribution in [0, 0.1) is 17.8 Å². The lowest BCUT2D eigenvalue weighted by molar-refractivity contribution is -0.159. The number of aromatic nitrogens is 2. The van der Waals surface area contributed by atoms with Crippen molar-refractivity contribution in [3.05, 3.63) is 24.3 Å². The van der Waals surface area contributed by atoms with Crippen LogP contribution in [-0.2, 0) is 4.79 Å². The number of likely N-dealkylation sites (tertiary alicyclic amines) is 2. The first kappa shape index (κ1) is 16.4. The maximum atomic E-state index is 13.0. The minimum absolute atomic E-state index is 0.144. The molecule has 0 aromatic carbocycles. The molecule has 134 valence electrons. The van der Waals surface area contributed by atoms with E-state index in [0.29, 0.717) is 37.8 Å². The highest BCUT2D eigenvalue weighted by atomic mass is 19.3. The maximum absolute atomic E-state index is 13.0. The van der Waals surface area contributed by atoms with Gasteiger partial charge in [-0.05, 0) is 18.3 Å². The fraction of sp³-hybridized carbons (Fsp3) is 0.647. The number of piperidine rings is 1. The Morgan fingerprint density at radius 3 is 2.48 bits per heavy atom. The summed E-state index contributed by atoms with van der Waals surface area (Å²) < 4.78 is 26.0. The Morgan fingerprint density at radius 2 is 1.80 bits per heavy atom. The third-order valence-electron chi connectivity index (χ3n) is 5.62. The van der Waals surface area contributed by atoms with Gasteiger partial charge in [0.25, 0.3) is 5.91 Å². The van der Waals surface area contributed by atoms with Crippen molar-refractivity contribution in [2.45, 2.75) is 25.2 Å². The molecule has 0 radical (unpaired) electrons. The zero-order valence-electron chi connectivity index (χ0n) is 13.8. The number of alkyl halides is 2. The molecule has 0 spiro atoms. The van der Waals surface area contributed by atoms with Crippen molar-refractivity contribution >= 4 is 11.8 Å². The van der Waals surface area contributed by atoms with Gasteiger partial charge >= 0.3 is 0 Å². The first-order chi connectivity index (χ1) is 11.9. The Kier molecular flexibility index (Phi) is 3.92. The van der Waals surface area contributed by atoms with Crippen LogP contribution in [0.3, 0.4) is 0 Å². The molecule has 2 saturated heterocycles. The molecule has 2 amide bonds. The van der Waals surface area contributed by atoms with E-state index < -0.39 is 11.8 Å². The largest absolute Gasteiger partial charge is 0.342 e. The molecule has 3 fully saturated rings. The molecular weight excluding hydrogens is 330 g/mol.